The summed E-state index contributed by atoms with van der Waals surface area (Å²) in [6, 6.07) is 10.3. The molecule has 25 heavy (non-hydrogen) atoms. The van der Waals surface area contributed by atoms with Gasteiger partial charge in [0.2, 0.25) is 0 Å². The smallest absolute Gasteiger partial charge is 0.293 e. The molecule has 0 fully saturated rings. The van der Waals surface area contributed by atoms with E-state index in [4.69, 9.17) is 0 Å². The van der Waals surface area contributed by atoms with Crippen LogP contribution in [0.1, 0.15) is 17.3 Å². The first kappa shape index (κ1) is 16.3. The van der Waals surface area contributed by atoms with Gasteiger partial charge in [-0.05, 0) is 31.2 Å². The Hall–Kier alpha value is -3.55. The van der Waals surface area contributed by atoms with Gasteiger partial charge in [-0.2, -0.15) is 5.10 Å². The highest BCUT2D eigenvalue weighted by molar-refractivity contribution is 5.95. The molecule has 3 rings (SSSR count). The number of rotatable bonds is 5. The summed E-state index contributed by atoms with van der Waals surface area (Å²) in [6.07, 6.45) is 2.94. The maximum atomic E-state index is 13.8. The van der Waals surface area contributed by atoms with Crippen LogP contribution in [0.15, 0.2) is 54.9 Å². The molecule has 3 aromatic rings. The largest absolute Gasteiger partial charge is 0.347 e. The average Bonchev–Trinajstić information content (AvgIpc) is 3.03. The molecule has 0 radical (unpaired) electrons. The second-order valence-corrected chi connectivity index (χ2v) is 5.30. The third-order valence-corrected chi connectivity index (χ3v) is 3.56. The summed E-state index contributed by atoms with van der Waals surface area (Å²) in [6.45, 7) is 1.34. The van der Waals surface area contributed by atoms with Crippen LogP contribution in [0.5, 0.6) is 0 Å². The third-order valence-electron chi connectivity index (χ3n) is 3.56. The molecule has 1 heterocycles. The van der Waals surface area contributed by atoms with E-state index in [1.54, 1.807) is 18.2 Å². The van der Waals surface area contributed by atoms with Crippen LogP contribution in [0.3, 0.4) is 0 Å². The van der Waals surface area contributed by atoms with Gasteiger partial charge in [0.15, 0.2) is 5.78 Å². The Morgan fingerprint density at radius 3 is 2.72 bits per heavy atom. The minimum Gasteiger partial charge on any atom is -0.347 e. The van der Waals surface area contributed by atoms with Crippen molar-refractivity contribution in [1.82, 2.24) is 9.78 Å². The first-order chi connectivity index (χ1) is 12.0. The van der Waals surface area contributed by atoms with Crippen LogP contribution in [0.25, 0.3) is 5.69 Å². The monoisotopic (exact) mass is 340 g/mol. The number of nitrogens with one attached hydrogen (secondary N) is 1. The molecule has 8 heteroatoms. The summed E-state index contributed by atoms with van der Waals surface area (Å²) < 4.78 is 15.1. The number of nitro groups is 1. The summed E-state index contributed by atoms with van der Waals surface area (Å²) in [5.41, 5.74) is 0.938. The fourth-order valence-electron chi connectivity index (χ4n) is 2.32. The molecule has 0 saturated heterocycles. The lowest BCUT2D eigenvalue weighted by Crippen LogP contribution is -2.00. The van der Waals surface area contributed by atoms with Crippen molar-refractivity contribution in [3.63, 3.8) is 0 Å². The summed E-state index contributed by atoms with van der Waals surface area (Å²) >= 11 is 0. The standard InChI is InChI=1S/C17H13FN4O3/c1-11(23)12-6-7-15(17(8-12)22(24)25)20-13-9-19-21(10-13)16-5-3-2-4-14(16)18/h2-10,20H,1H3. The zero-order valence-electron chi connectivity index (χ0n) is 13.1. The Bertz CT molecular complexity index is 968. The molecule has 1 aromatic heterocycles. The lowest BCUT2D eigenvalue weighted by Gasteiger charge is -2.06. The fourth-order valence-corrected chi connectivity index (χ4v) is 2.32. The summed E-state index contributed by atoms with van der Waals surface area (Å²) in [5, 5.41) is 18.2. The van der Waals surface area contributed by atoms with Crippen LogP contribution < -0.4 is 5.32 Å². The number of nitro benzene ring substituents is 1. The number of hydrogen-bond acceptors (Lipinski definition) is 5. The summed E-state index contributed by atoms with van der Waals surface area (Å²) in [5.74, 6) is -0.698. The molecule has 0 amide bonds. The van der Waals surface area contributed by atoms with E-state index in [1.807, 2.05) is 0 Å². The van der Waals surface area contributed by atoms with E-state index in [9.17, 15) is 19.3 Å². The number of anilines is 2. The third kappa shape index (κ3) is 3.37. The second-order valence-electron chi connectivity index (χ2n) is 5.30. The van der Waals surface area contributed by atoms with Crippen LogP contribution in [0.2, 0.25) is 0 Å². The SMILES string of the molecule is CC(=O)c1ccc(Nc2cnn(-c3ccccc3F)c2)c([N+](=O)[O-])c1. The Labute approximate surface area is 141 Å². The molecular weight excluding hydrogens is 327 g/mol. The van der Waals surface area contributed by atoms with Crippen molar-refractivity contribution in [2.75, 3.05) is 5.32 Å². The van der Waals surface area contributed by atoms with Gasteiger partial charge in [0.25, 0.3) is 5.69 Å². The van der Waals surface area contributed by atoms with Crippen LogP contribution in [-0.2, 0) is 0 Å². The Morgan fingerprint density at radius 1 is 1.28 bits per heavy atom. The normalized spacial score (nSPS) is 10.5. The summed E-state index contributed by atoms with van der Waals surface area (Å²) in [4.78, 5) is 22.1. The van der Waals surface area contributed by atoms with E-state index in [0.717, 1.165) is 0 Å². The molecule has 7 nitrogen and oxygen atoms in total. The maximum absolute atomic E-state index is 13.8. The molecule has 0 aliphatic heterocycles. The zero-order chi connectivity index (χ0) is 18.0. The van der Waals surface area contributed by atoms with E-state index in [2.05, 4.69) is 10.4 Å². The van der Waals surface area contributed by atoms with Gasteiger partial charge in [-0.15, -0.1) is 0 Å². The van der Waals surface area contributed by atoms with E-state index in [1.165, 1.54) is 48.3 Å². The molecule has 0 spiro atoms. The molecule has 126 valence electrons. The van der Waals surface area contributed by atoms with Gasteiger partial charge in [-0.3, -0.25) is 14.9 Å². The zero-order valence-corrected chi connectivity index (χ0v) is 13.1. The number of hydrogen-bond donors (Lipinski definition) is 1. The number of ketones is 1. The van der Waals surface area contributed by atoms with Gasteiger partial charge >= 0.3 is 0 Å². The number of halogens is 1. The van der Waals surface area contributed by atoms with Crippen LogP contribution >= 0.6 is 0 Å². The quantitative estimate of drug-likeness (QED) is 0.433. The Balaban J connectivity index is 1.92. The van der Waals surface area contributed by atoms with Gasteiger partial charge in [0, 0.05) is 11.6 Å². The van der Waals surface area contributed by atoms with Gasteiger partial charge in [-0.1, -0.05) is 12.1 Å². The highest BCUT2D eigenvalue weighted by atomic mass is 19.1. The number of carbonyl (C=O) groups is 1. The molecule has 0 saturated carbocycles. The fraction of sp³-hybridized carbons (Fsp3) is 0.0588. The maximum Gasteiger partial charge on any atom is 0.293 e. The minimum absolute atomic E-state index is 0.211. The van der Waals surface area contributed by atoms with Crippen molar-refractivity contribution >= 4 is 22.8 Å². The predicted molar refractivity (Wildman–Crippen MR) is 89.9 cm³/mol. The number of Topliss-reactive ketones (excluding diaryl/α,β-unsaturated/α-hetero) is 1. The number of para-hydroxylation sites is 1. The lowest BCUT2D eigenvalue weighted by atomic mass is 10.1. The van der Waals surface area contributed by atoms with Crippen molar-refractivity contribution in [2.24, 2.45) is 0 Å². The van der Waals surface area contributed by atoms with Crippen LogP contribution in [0.4, 0.5) is 21.5 Å². The summed E-state index contributed by atoms with van der Waals surface area (Å²) in [7, 11) is 0. The van der Waals surface area contributed by atoms with Gasteiger partial charge < -0.3 is 5.32 Å². The van der Waals surface area contributed by atoms with Crippen molar-refractivity contribution in [3.05, 3.63) is 76.4 Å². The molecule has 0 atom stereocenters. The van der Waals surface area contributed by atoms with Crippen LogP contribution in [-0.4, -0.2) is 20.5 Å². The molecule has 2 aromatic carbocycles. The molecule has 0 aliphatic carbocycles. The first-order valence-corrected chi connectivity index (χ1v) is 7.31. The Kier molecular flexibility index (Phi) is 4.25. The number of nitrogens with zero attached hydrogens (tertiary/aromatic N) is 3. The van der Waals surface area contributed by atoms with E-state index < -0.39 is 10.7 Å². The molecular formula is C17H13FN4O3. The highest BCUT2D eigenvalue weighted by Crippen LogP contribution is 2.29. The van der Waals surface area contributed by atoms with Crippen molar-refractivity contribution in [1.29, 1.82) is 0 Å². The van der Waals surface area contributed by atoms with Gasteiger partial charge in [0.05, 0.1) is 23.0 Å². The van der Waals surface area contributed by atoms with Crippen molar-refractivity contribution < 1.29 is 14.1 Å². The lowest BCUT2D eigenvalue weighted by molar-refractivity contribution is -0.383. The predicted octanol–water partition coefficient (Wildman–Crippen LogP) is 3.87. The number of benzene rings is 2. The average molecular weight is 340 g/mol. The highest BCUT2D eigenvalue weighted by Gasteiger charge is 2.17. The first-order valence-electron chi connectivity index (χ1n) is 7.31. The van der Waals surface area contributed by atoms with E-state index in [-0.39, 0.29) is 28.4 Å². The minimum atomic E-state index is -0.573. The number of carbonyl (C=O) groups excluding carboxylic acids is 1. The second kappa shape index (κ2) is 6.52. The van der Waals surface area contributed by atoms with E-state index in [0.29, 0.717) is 5.69 Å². The molecule has 0 aliphatic rings. The molecule has 1 N–H and O–H groups in total. The molecule has 0 unspecified atom stereocenters. The molecule has 0 bridgehead atoms. The van der Waals surface area contributed by atoms with Gasteiger partial charge in [0.1, 0.15) is 17.2 Å². The number of aromatic nitrogens is 2. The van der Waals surface area contributed by atoms with Crippen LogP contribution in [0, 0.1) is 15.9 Å². The van der Waals surface area contributed by atoms with E-state index >= 15 is 0 Å². The Morgan fingerprint density at radius 2 is 2.04 bits per heavy atom. The van der Waals surface area contributed by atoms with Gasteiger partial charge in [-0.25, -0.2) is 9.07 Å². The van der Waals surface area contributed by atoms with Crippen molar-refractivity contribution in [2.45, 2.75) is 6.92 Å². The van der Waals surface area contributed by atoms with Crippen molar-refractivity contribution in [3.8, 4) is 5.69 Å². The topological polar surface area (TPSA) is 90.1 Å².